The molecule has 0 aliphatic carbocycles. The third kappa shape index (κ3) is 3.97. The van der Waals surface area contributed by atoms with Crippen molar-refractivity contribution in [2.45, 2.75) is 39.6 Å². The van der Waals surface area contributed by atoms with E-state index in [9.17, 15) is 9.90 Å². The summed E-state index contributed by atoms with van der Waals surface area (Å²) in [5.74, 6) is -0.0532. The molecule has 0 saturated carbocycles. The average Bonchev–Trinajstić information content (AvgIpc) is 3.21. The van der Waals surface area contributed by atoms with Crippen LogP contribution in [0.15, 0.2) is 30.3 Å². The summed E-state index contributed by atoms with van der Waals surface area (Å²) in [4.78, 5) is 19.1. The highest BCUT2D eigenvalue weighted by molar-refractivity contribution is 5.93. The van der Waals surface area contributed by atoms with Crippen molar-refractivity contribution in [2.24, 2.45) is 0 Å². The van der Waals surface area contributed by atoms with Gasteiger partial charge in [0.2, 0.25) is 0 Å². The van der Waals surface area contributed by atoms with Crippen LogP contribution in [0.4, 0.5) is 0 Å². The highest BCUT2D eigenvalue weighted by atomic mass is 16.7. The number of benzene rings is 2. The molecule has 0 radical (unpaired) electrons. The molecule has 0 bridgehead atoms. The van der Waals surface area contributed by atoms with Gasteiger partial charge in [-0.25, -0.2) is 9.78 Å². The second-order valence-corrected chi connectivity index (χ2v) is 7.82. The Bertz CT molecular complexity index is 1060. The number of nitrogens with one attached hydrogen (secondary N) is 1. The number of ether oxygens (including phenoxy) is 3. The largest absolute Gasteiger partial charge is 0.491 e. The van der Waals surface area contributed by atoms with E-state index in [-0.39, 0.29) is 11.7 Å². The van der Waals surface area contributed by atoms with Gasteiger partial charge in [0.1, 0.15) is 24.3 Å². The van der Waals surface area contributed by atoms with E-state index in [2.05, 4.69) is 9.97 Å². The summed E-state index contributed by atoms with van der Waals surface area (Å²) in [7, 11) is 0. The van der Waals surface area contributed by atoms with Gasteiger partial charge in [0.15, 0.2) is 5.79 Å². The number of H-pyrrole nitrogens is 1. The molecule has 1 aromatic heterocycles. The molecular formula is C22H24N2O5. The maximum Gasteiger partial charge on any atom is 0.335 e. The van der Waals surface area contributed by atoms with Crippen LogP contribution in [0.1, 0.15) is 35.3 Å². The number of hydrogen-bond donors (Lipinski definition) is 2. The molecule has 2 heterocycles. The standard InChI is InChI=1S/C22H24N2O5/c1-12-7-15(27-10-16-11-28-22(3,4)29-16)8-13(2)19(12)20-23-17-6-5-14(21(25)26)9-18(17)24-20/h5-9,16H,10-11H2,1-4H3,(H,23,24)(H,25,26)/t16-/m0/s1. The zero-order valence-electron chi connectivity index (χ0n) is 16.9. The van der Waals surface area contributed by atoms with Gasteiger partial charge in [0, 0.05) is 5.56 Å². The van der Waals surface area contributed by atoms with Gasteiger partial charge < -0.3 is 24.3 Å². The SMILES string of the molecule is Cc1cc(OC[C@H]2COC(C)(C)O2)cc(C)c1-c1nc2ccc(C(=O)O)cc2[nH]1. The Morgan fingerprint density at radius 2 is 2.00 bits per heavy atom. The summed E-state index contributed by atoms with van der Waals surface area (Å²) >= 11 is 0. The summed E-state index contributed by atoms with van der Waals surface area (Å²) in [5, 5.41) is 9.18. The van der Waals surface area contributed by atoms with Crippen LogP contribution in [-0.4, -0.2) is 46.1 Å². The first-order chi connectivity index (χ1) is 13.7. The lowest BCUT2D eigenvalue weighted by Crippen LogP contribution is -2.25. The molecule has 1 saturated heterocycles. The van der Waals surface area contributed by atoms with E-state index in [1.165, 1.54) is 0 Å². The summed E-state index contributed by atoms with van der Waals surface area (Å²) in [6, 6.07) is 8.81. The highest BCUT2D eigenvalue weighted by Crippen LogP contribution is 2.31. The Morgan fingerprint density at radius 3 is 2.62 bits per heavy atom. The summed E-state index contributed by atoms with van der Waals surface area (Å²) in [6.07, 6.45) is -0.0934. The van der Waals surface area contributed by atoms with E-state index in [0.717, 1.165) is 28.0 Å². The molecule has 1 aliphatic heterocycles. The quantitative estimate of drug-likeness (QED) is 0.675. The Hall–Kier alpha value is -2.90. The molecule has 0 unspecified atom stereocenters. The molecule has 1 atom stereocenters. The van der Waals surface area contributed by atoms with Gasteiger partial charge in [-0.3, -0.25) is 0 Å². The van der Waals surface area contributed by atoms with E-state index >= 15 is 0 Å². The van der Waals surface area contributed by atoms with Crippen LogP contribution in [-0.2, 0) is 9.47 Å². The molecule has 1 fully saturated rings. The number of aromatic amines is 1. The number of rotatable bonds is 5. The van der Waals surface area contributed by atoms with E-state index in [0.29, 0.717) is 24.6 Å². The molecule has 0 amide bonds. The van der Waals surface area contributed by atoms with Crippen molar-refractivity contribution < 1.29 is 24.1 Å². The third-order valence-corrected chi connectivity index (χ3v) is 4.98. The topological polar surface area (TPSA) is 93.7 Å². The van der Waals surface area contributed by atoms with Crippen LogP contribution < -0.4 is 4.74 Å². The predicted octanol–water partition coefficient (Wildman–Crippen LogP) is 4.08. The minimum atomic E-state index is -0.961. The van der Waals surface area contributed by atoms with Crippen molar-refractivity contribution in [2.75, 3.05) is 13.2 Å². The van der Waals surface area contributed by atoms with Crippen LogP contribution in [0, 0.1) is 13.8 Å². The number of aryl methyl sites for hydroxylation is 2. The minimum absolute atomic E-state index is 0.0934. The first kappa shape index (κ1) is 19.4. The van der Waals surface area contributed by atoms with E-state index in [1.807, 2.05) is 39.8 Å². The third-order valence-electron chi connectivity index (χ3n) is 4.98. The van der Waals surface area contributed by atoms with Crippen LogP contribution in [0.3, 0.4) is 0 Å². The van der Waals surface area contributed by atoms with Crippen molar-refractivity contribution in [1.82, 2.24) is 9.97 Å². The molecule has 0 spiro atoms. The fraction of sp³-hybridized carbons (Fsp3) is 0.364. The number of aromatic nitrogens is 2. The Labute approximate surface area is 168 Å². The monoisotopic (exact) mass is 396 g/mol. The number of nitrogens with zero attached hydrogens (tertiary/aromatic N) is 1. The lowest BCUT2D eigenvalue weighted by atomic mass is 10.0. The lowest BCUT2D eigenvalue weighted by molar-refractivity contribution is -0.141. The summed E-state index contributed by atoms with van der Waals surface area (Å²) in [5.41, 5.74) is 4.66. The fourth-order valence-corrected chi connectivity index (χ4v) is 3.68. The molecule has 2 aromatic carbocycles. The molecule has 152 valence electrons. The zero-order valence-corrected chi connectivity index (χ0v) is 16.9. The number of hydrogen-bond acceptors (Lipinski definition) is 5. The highest BCUT2D eigenvalue weighted by Gasteiger charge is 2.33. The lowest BCUT2D eigenvalue weighted by Gasteiger charge is -2.18. The minimum Gasteiger partial charge on any atom is -0.491 e. The molecule has 1 aliphatic rings. The first-order valence-corrected chi connectivity index (χ1v) is 9.51. The number of aromatic carboxylic acids is 1. The van der Waals surface area contributed by atoms with E-state index in [1.54, 1.807) is 18.2 Å². The van der Waals surface area contributed by atoms with Gasteiger partial charge in [-0.1, -0.05) is 0 Å². The van der Waals surface area contributed by atoms with Crippen molar-refractivity contribution in [1.29, 1.82) is 0 Å². The van der Waals surface area contributed by atoms with Crippen molar-refractivity contribution in [3.63, 3.8) is 0 Å². The van der Waals surface area contributed by atoms with Gasteiger partial charge in [0.05, 0.1) is 23.2 Å². The van der Waals surface area contributed by atoms with Crippen LogP contribution in [0.5, 0.6) is 5.75 Å². The average molecular weight is 396 g/mol. The van der Waals surface area contributed by atoms with Gasteiger partial charge >= 0.3 is 5.97 Å². The fourth-order valence-electron chi connectivity index (χ4n) is 3.68. The smallest absolute Gasteiger partial charge is 0.335 e. The Morgan fingerprint density at radius 1 is 1.28 bits per heavy atom. The van der Waals surface area contributed by atoms with Crippen molar-refractivity contribution >= 4 is 17.0 Å². The molecule has 3 aromatic rings. The van der Waals surface area contributed by atoms with Crippen LogP contribution >= 0.6 is 0 Å². The van der Waals surface area contributed by atoms with Gasteiger partial charge in [-0.05, 0) is 69.2 Å². The number of carboxylic acid groups (broad SMARTS) is 1. The molecule has 7 nitrogen and oxygen atoms in total. The number of carboxylic acids is 1. The summed E-state index contributed by atoms with van der Waals surface area (Å²) < 4.78 is 17.3. The van der Waals surface area contributed by atoms with Crippen molar-refractivity contribution in [3.05, 3.63) is 47.0 Å². The van der Waals surface area contributed by atoms with Gasteiger partial charge in [-0.2, -0.15) is 0 Å². The second-order valence-electron chi connectivity index (χ2n) is 7.82. The maximum absolute atomic E-state index is 11.2. The number of fused-ring (bicyclic) bond motifs is 1. The maximum atomic E-state index is 11.2. The van der Waals surface area contributed by atoms with Crippen molar-refractivity contribution in [3.8, 4) is 17.1 Å². The summed E-state index contributed by atoms with van der Waals surface area (Å²) in [6.45, 7) is 8.73. The van der Waals surface area contributed by atoms with Gasteiger partial charge in [-0.15, -0.1) is 0 Å². The number of imidazole rings is 1. The molecular weight excluding hydrogens is 372 g/mol. The molecule has 29 heavy (non-hydrogen) atoms. The first-order valence-electron chi connectivity index (χ1n) is 9.51. The Balaban J connectivity index is 1.57. The molecule has 2 N–H and O–H groups in total. The molecule has 4 rings (SSSR count). The predicted molar refractivity (Wildman–Crippen MR) is 108 cm³/mol. The normalized spacial score (nSPS) is 18.3. The Kier molecular flexibility index (Phi) is 4.80. The van der Waals surface area contributed by atoms with Crippen LogP contribution in [0.2, 0.25) is 0 Å². The van der Waals surface area contributed by atoms with E-state index in [4.69, 9.17) is 14.2 Å². The number of carbonyl (C=O) groups is 1. The van der Waals surface area contributed by atoms with Crippen LogP contribution in [0.25, 0.3) is 22.4 Å². The van der Waals surface area contributed by atoms with Gasteiger partial charge in [0.25, 0.3) is 0 Å². The second kappa shape index (κ2) is 7.17. The zero-order chi connectivity index (χ0) is 20.8. The van der Waals surface area contributed by atoms with E-state index < -0.39 is 11.8 Å². The molecule has 7 heteroatoms.